The summed E-state index contributed by atoms with van der Waals surface area (Å²) in [6.45, 7) is 5.45. The van der Waals surface area contributed by atoms with Gasteiger partial charge in [-0.15, -0.1) is 0 Å². The van der Waals surface area contributed by atoms with Crippen molar-refractivity contribution in [2.45, 2.75) is 64.1 Å². The number of nitrogens with one attached hydrogen (secondary N) is 1. The fraction of sp³-hybridized carbons (Fsp3) is 0.545. The Morgan fingerprint density at radius 1 is 1.25 bits per heavy atom. The molecule has 2 N–H and O–H groups in total. The van der Waals surface area contributed by atoms with Gasteiger partial charge in [-0.2, -0.15) is 0 Å². The summed E-state index contributed by atoms with van der Waals surface area (Å²) in [5.41, 5.74) is -0.275. The summed E-state index contributed by atoms with van der Waals surface area (Å²) in [5, 5.41) is 12.3. The zero-order valence-electron chi connectivity index (χ0n) is 18.3. The molecule has 2 rings (SSSR count). The third kappa shape index (κ3) is 7.67. The maximum absolute atomic E-state index is 12.6. The number of carboxylic acids is 1. The number of benzene rings is 1. The second-order valence-electron chi connectivity index (χ2n) is 8.78. The van der Waals surface area contributed by atoms with Gasteiger partial charge in [-0.3, -0.25) is 9.59 Å². The van der Waals surface area contributed by atoms with Crippen molar-refractivity contribution in [3.63, 3.8) is 0 Å². The van der Waals surface area contributed by atoms with Crippen LogP contribution >= 0.6 is 23.2 Å². The summed E-state index contributed by atoms with van der Waals surface area (Å²) in [6, 6.07) is 3.43. The highest BCUT2D eigenvalue weighted by molar-refractivity contribution is 6.42. The van der Waals surface area contributed by atoms with Crippen LogP contribution in [0.2, 0.25) is 10.0 Å². The zero-order chi connectivity index (χ0) is 24.1. The number of Topliss-reactive ketones (excluding diaryl/α,β-unsaturated/α-hetero) is 1. The van der Waals surface area contributed by atoms with E-state index in [1.54, 1.807) is 37.8 Å². The molecule has 1 aliphatic carbocycles. The standard InChI is InChI=1S/C22H28Cl2N2O6/c1-22(2,3)32-21(31)25-17(20(29)30)6-4-5-9-26(12-27)18-11-14(18)19(28)13-7-8-15(23)16(24)10-13/h7-8,10,12,14,17-18H,4-6,9,11H2,1-3H3,(H,25,31)(H,29,30)/t14-,17-,18-/m0/s1. The molecule has 176 valence electrons. The molecular formula is C22H28Cl2N2O6. The Labute approximate surface area is 197 Å². The molecule has 1 aromatic carbocycles. The number of ether oxygens (including phenoxy) is 1. The topological polar surface area (TPSA) is 113 Å². The molecule has 1 aliphatic rings. The molecule has 32 heavy (non-hydrogen) atoms. The summed E-state index contributed by atoms with van der Waals surface area (Å²) >= 11 is 11.9. The van der Waals surface area contributed by atoms with Gasteiger partial charge < -0.3 is 20.1 Å². The van der Waals surface area contributed by atoms with Crippen LogP contribution in [0.25, 0.3) is 0 Å². The first-order valence-corrected chi connectivity index (χ1v) is 11.1. The summed E-state index contributed by atoms with van der Waals surface area (Å²) < 4.78 is 5.09. The number of alkyl carbamates (subject to hydrolysis) is 1. The number of amides is 2. The molecular weight excluding hydrogens is 459 g/mol. The number of ketones is 1. The van der Waals surface area contributed by atoms with E-state index >= 15 is 0 Å². The molecule has 0 saturated heterocycles. The highest BCUT2D eigenvalue weighted by Crippen LogP contribution is 2.38. The summed E-state index contributed by atoms with van der Waals surface area (Å²) in [6.07, 6.45) is 1.67. The van der Waals surface area contributed by atoms with Crippen LogP contribution in [0, 0.1) is 5.92 Å². The van der Waals surface area contributed by atoms with Crippen molar-refractivity contribution in [3.05, 3.63) is 33.8 Å². The Bertz CT molecular complexity index is 870. The van der Waals surface area contributed by atoms with Crippen LogP contribution in [0.3, 0.4) is 0 Å². The van der Waals surface area contributed by atoms with Gasteiger partial charge in [0, 0.05) is 24.1 Å². The molecule has 0 aromatic heterocycles. The van der Waals surface area contributed by atoms with E-state index in [1.165, 1.54) is 6.07 Å². The lowest BCUT2D eigenvalue weighted by atomic mass is 10.1. The van der Waals surface area contributed by atoms with E-state index < -0.39 is 23.7 Å². The van der Waals surface area contributed by atoms with Gasteiger partial charge in [0.2, 0.25) is 6.41 Å². The molecule has 1 fully saturated rings. The quantitative estimate of drug-likeness (QED) is 0.275. The molecule has 2 amide bonds. The monoisotopic (exact) mass is 486 g/mol. The van der Waals surface area contributed by atoms with Crippen molar-refractivity contribution < 1.29 is 29.0 Å². The minimum absolute atomic E-state index is 0.0899. The Kier molecular flexibility index (Phi) is 8.92. The molecule has 8 nitrogen and oxygen atoms in total. The predicted molar refractivity (Wildman–Crippen MR) is 120 cm³/mol. The van der Waals surface area contributed by atoms with Crippen molar-refractivity contribution in [2.24, 2.45) is 5.92 Å². The molecule has 0 aliphatic heterocycles. The van der Waals surface area contributed by atoms with Crippen LogP contribution in [-0.2, 0) is 14.3 Å². The zero-order valence-corrected chi connectivity index (χ0v) is 19.8. The smallest absolute Gasteiger partial charge is 0.408 e. The molecule has 0 radical (unpaired) electrons. The van der Waals surface area contributed by atoms with Gasteiger partial charge in [0.15, 0.2) is 5.78 Å². The van der Waals surface area contributed by atoms with E-state index in [9.17, 15) is 24.3 Å². The van der Waals surface area contributed by atoms with Crippen LogP contribution in [0.5, 0.6) is 0 Å². The summed E-state index contributed by atoms with van der Waals surface area (Å²) in [7, 11) is 0. The van der Waals surface area contributed by atoms with Crippen LogP contribution in [0.4, 0.5) is 4.79 Å². The molecule has 0 bridgehead atoms. The van der Waals surface area contributed by atoms with Crippen molar-refractivity contribution in [1.29, 1.82) is 0 Å². The number of unbranched alkanes of at least 4 members (excludes halogenated alkanes) is 1. The Balaban J connectivity index is 1.80. The average Bonchev–Trinajstić information content (AvgIpc) is 3.47. The molecule has 0 heterocycles. The Morgan fingerprint density at radius 3 is 2.50 bits per heavy atom. The lowest BCUT2D eigenvalue weighted by Crippen LogP contribution is -2.43. The Hall–Kier alpha value is -2.32. The molecule has 1 aromatic rings. The number of hydrogen-bond acceptors (Lipinski definition) is 5. The third-order valence-corrected chi connectivity index (χ3v) is 5.75. The van der Waals surface area contributed by atoms with E-state index in [0.717, 1.165) is 0 Å². The van der Waals surface area contributed by atoms with Gasteiger partial charge in [-0.25, -0.2) is 9.59 Å². The van der Waals surface area contributed by atoms with Gasteiger partial charge in [-0.05, 0) is 64.7 Å². The first-order valence-electron chi connectivity index (χ1n) is 10.4. The number of hydrogen-bond donors (Lipinski definition) is 2. The maximum Gasteiger partial charge on any atom is 0.408 e. The van der Waals surface area contributed by atoms with Crippen molar-refractivity contribution >= 4 is 47.5 Å². The number of rotatable bonds is 11. The van der Waals surface area contributed by atoms with Crippen molar-refractivity contribution in [2.75, 3.05) is 6.54 Å². The first-order chi connectivity index (χ1) is 14.9. The lowest BCUT2D eigenvalue weighted by Gasteiger charge is -2.22. The van der Waals surface area contributed by atoms with E-state index in [4.69, 9.17) is 27.9 Å². The number of nitrogens with zero attached hydrogens (tertiary/aromatic N) is 1. The van der Waals surface area contributed by atoms with Crippen LogP contribution in [0.15, 0.2) is 18.2 Å². The largest absolute Gasteiger partial charge is 0.480 e. The van der Waals surface area contributed by atoms with E-state index in [2.05, 4.69) is 5.32 Å². The van der Waals surface area contributed by atoms with Crippen molar-refractivity contribution in [1.82, 2.24) is 10.2 Å². The number of carbonyl (C=O) groups excluding carboxylic acids is 3. The summed E-state index contributed by atoms with van der Waals surface area (Å²) in [4.78, 5) is 48.9. The molecule has 3 atom stereocenters. The highest BCUT2D eigenvalue weighted by atomic mass is 35.5. The second kappa shape index (κ2) is 11.0. The van der Waals surface area contributed by atoms with Gasteiger partial charge >= 0.3 is 12.1 Å². The number of carbonyl (C=O) groups is 4. The Morgan fingerprint density at radius 2 is 1.94 bits per heavy atom. The summed E-state index contributed by atoms with van der Waals surface area (Å²) in [5.74, 6) is -1.54. The maximum atomic E-state index is 12.6. The minimum Gasteiger partial charge on any atom is -0.480 e. The molecule has 0 unspecified atom stereocenters. The molecule has 1 saturated carbocycles. The SMILES string of the molecule is CC(C)(C)OC(=O)N[C@@H](CCCCN(C=O)[C@H]1C[C@@H]1C(=O)c1ccc(Cl)c(Cl)c1)C(=O)O. The number of carboxylic acid groups (broad SMARTS) is 1. The third-order valence-electron chi connectivity index (χ3n) is 5.01. The lowest BCUT2D eigenvalue weighted by molar-refractivity contribution is -0.139. The van der Waals surface area contributed by atoms with Gasteiger partial charge in [0.05, 0.1) is 10.0 Å². The normalized spacial score (nSPS) is 18.4. The van der Waals surface area contributed by atoms with Gasteiger partial charge in [0.25, 0.3) is 0 Å². The van der Waals surface area contributed by atoms with E-state index in [-0.39, 0.29) is 24.2 Å². The molecule has 10 heteroatoms. The highest BCUT2D eigenvalue weighted by Gasteiger charge is 2.46. The van der Waals surface area contributed by atoms with Crippen LogP contribution < -0.4 is 5.32 Å². The second-order valence-corrected chi connectivity index (χ2v) is 9.59. The first kappa shape index (κ1) is 25.9. The minimum atomic E-state index is -1.16. The average molecular weight is 487 g/mol. The van der Waals surface area contributed by atoms with Gasteiger partial charge in [-0.1, -0.05) is 23.2 Å². The fourth-order valence-electron chi connectivity index (χ4n) is 3.34. The number of aliphatic carboxylic acids is 1. The van der Waals surface area contributed by atoms with E-state index in [0.29, 0.717) is 47.8 Å². The predicted octanol–water partition coefficient (Wildman–Crippen LogP) is 4.17. The molecule has 0 spiro atoms. The van der Waals surface area contributed by atoms with Crippen LogP contribution in [-0.4, -0.2) is 58.5 Å². The fourth-order valence-corrected chi connectivity index (χ4v) is 3.64. The number of halogens is 2. The van der Waals surface area contributed by atoms with Gasteiger partial charge in [0.1, 0.15) is 11.6 Å². The van der Waals surface area contributed by atoms with Crippen LogP contribution in [0.1, 0.15) is 56.8 Å². The van der Waals surface area contributed by atoms with E-state index in [1.807, 2.05) is 0 Å². The van der Waals surface area contributed by atoms with Crippen molar-refractivity contribution in [3.8, 4) is 0 Å².